The first-order chi connectivity index (χ1) is 6.18. The van der Waals surface area contributed by atoms with Crippen LogP contribution in [0.25, 0.3) is 0 Å². The Morgan fingerprint density at radius 2 is 2.31 bits per heavy atom. The summed E-state index contributed by atoms with van der Waals surface area (Å²) in [6.07, 6.45) is 1.02. The van der Waals surface area contributed by atoms with Gasteiger partial charge in [0.2, 0.25) is 0 Å². The van der Waals surface area contributed by atoms with Gasteiger partial charge in [0.25, 0.3) is 0 Å². The third kappa shape index (κ3) is 4.65. The van der Waals surface area contributed by atoms with Crippen molar-refractivity contribution in [2.75, 3.05) is 0 Å². The van der Waals surface area contributed by atoms with Gasteiger partial charge in [-0.15, -0.1) is 22.9 Å². The summed E-state index contributed by atoms with van der Waals surface area (Å²) in [5, 5.41) is 5.80. The van der Waals surface area contributed by atoms with Gasteiger partial charge in [-0.3, -0.25) is 0 Å². The standard InChI is InChI=1S/C10H16ClNS/c1-8(11)6-9(2)12-7-10-4-3-5-13-10/h3-5,8-9,12H,6-7H2,1-2H3. The summed E-state index contributed by atoms with van der Waals surface area (Å²) in [4.78, 5) is 1.38. The van der Waals surface area contributed by atoms with Crippen LogP contribution in [-0.2, 0) is 6.54 Å². The Balaban J connectivity index is 2.19. The van der Waals surface area contributed by atoms with E-state index in [1.807, 2.05) is 6.92 Å². The fourth-order valence-corrected chi connectivity index (χ4v) is 2.18. The Morgan fingerprint density at radius 3 is 2.85 bits per heavy atom. The molecule has 3 heteroatoms. The van der Waals surface area contributed by atoms with E-state index in [0.29, 0.717) is 6.04 Å². The summed E-state index contributed by atoms with van der Waals surface area (Å²) in [6.45, 7) is 5.17. The van der Waals surface area contributed by atoms with Gasteiger partial charge in [0.15, 0.2) is 0 Å². The monoisotopic (exact) mass is 217 g/mol. The van der Waals surface area contributed by atoms with Crippen LogP contribution in [0.1, 0.15) is 25.1 Å². The minimum absolute atomic E-state index is 0.255. The fourth-order valence-electron chi connectivity index (χ4n) is 1.26. The van der Waals surface area contributed by atoms with E-state index in [1.165, 1.54) is 4.88 Å². The maximum absolute atomic E-state index is 5.90. The van der Waals surface area contributed by atoms with Crippen molar-refractivity contribution in [2.24, 2.45) is 0 Å². The van der Waals surface area contributed by atoms with Crippen molar-refractivity contribution < 1.29 is 0 Å². The van der Waals surface area contributed by atoms with Crippen molar-refractivity contribution in [1.82, 2.24) is 5.32 Å². The minimum Gasteiger partial charge on any atom is -0.309 e. The highest BCUT2D eigenvalue weighted by Gasteiger charge is 2.05. The zero-order valence-electron chi connectivity index (χ0n) is 8.09. The van der Waals surface area contributed by atoms with Crippen LogP contribution in [0.2, 0.25) is 0 Å². The minimum atomic E-state index is 0.255. The van der Waals surface area contributed by atoms with E-state index in [4.69, 9.17) is 11.6 Å². The molecule has 1 rings (SSSR count). The van der Waals surface area contributed by atoms with Gasteiger partial charge in [0, 0.05) is 22.8 Å². The predicted molar refractivity (Wildman–Crippen MR) is 60.6 cm³/mol. The third-order valence-electron chi connectivity index (χ3n) is 1.88. The molecule has 0 saturated heterocycles. The predicted octanol–water partition coefficient (Wildman–Crippen LogP) is 3.24. The molecule has 0 aromatic carbocycles. The second kappa shape index (κ2) is 5.63. The van der Waals surface area contributed by atoms with Crippen molar-refractivity contribution >= 4 is 22.9 Å². The molecule has 74 valence electrons. The average molecular weight is 218 g/mol. The van der Waals surface area contributed by atoms with Crippen LogP contribution in [0.15, 0.2) is 17.5 Å². The molecule has 1 nitrogen and oxygen atoms in total. The number of hydrogen-bond acceptors (Lipinski definition) is 2. The summed E-state index contributed by atoms with van der Waals surface area (Å²) < 4.78 is 0. The van der Waals surface area contributed by atoms with E-state index in [0.717, 1.165) is 13.0 Å². The summed E-state index contributed by atoms with van der Waals surface area (Å²) in [7, 11) is 0. The molecule has 0 aliphatic heterocycles. The normalized spacial score (nSPS) is 15.6. The highest BCUT2D eigenvalue weighted by atomic mass is 35.5. The van der Waals surface area contributed by atoms with Gasteiger partial charge in [-0.05, 0) is 31.7 Å². The van der Waals surface area contributed by atoms with Gasteiger partial charge in [-0.2, -0.15) is 0 Å². The topological polar surface area (TPSA) is 12.0 Å². The van der Waals surface area contributed by atoms with Gasteiger partial charge in [-0.25, -0.2) is 0 Å². The maximum Gasteiger partial charge on any atom is 0.0322 e. The smallest absolute Gasteiger partial charge is 0.0322 e. The molecule has 0 radical (unpaired) electrons. The molecule has 1 aromatic heterocycles. The summed E-state index contributed by atoms with van der Waals surface area (Å²) in [5.74, 6) is 0. The molecule has 1 N–H and O–H groups in total. The van der Waals surface area contributed by atoms with Crippen LogP contribution in [0.4, 0.5) is 0 Å². The number of nitrogens with one attached hydrogen (secondary N) is 1. The van der Waals surface area contributed by atoms with Crippen LogP contribution in [0.5, 0.6) is 0 Å². The molecule has 0 fully saturated rings. The van der Waals surface area contributed by atoms with Crippen LogP contribution in [-0.4, -0.2) is 11.4 Å². The van der Waals surface area contributed by atoms with Gasteiger partial charge in [-0.1, -0.05) is 6.07 Å². The summed E-state index contributed by atoms with van der Waals surface area (Å²) >= 11 is 7.68. The highest BCUT2D eigenvalue weighted by molar-refractivity contribution is 7.09. The molecular formula is C10H16ClNS. The molecule has 0 saturated carbocycles. The quantitative estimate of drug-likeness (QED) is 0.747. The summed E-state index contributed by atoms with van der Waals surface area (Å²) in [6, 6.07) is 4.72. The largest absolute Gasteiger partial charge is 0.309 e. The Hall–Kier alpha value is -0.0500. The lowest BCUT2D eigenvalue weighted by Gasteiger charge is -2.13. The third-order valence-corrected chi connectivity index (χ3v) is 2.94. The van der Waals surface area contributed by atoms with E-state index in [-0.39, 0.29) is 5.38 Å². The van der Waals surface area contributed by atoms with Crippen molar-refractivity contribution in [2.45, 2.75) is 38.2 Å². The first-order valence-electron chi connectivity index (χ1n) is 4.58. The second-order valence-electron chi connectivity index (χ2n) is 3.38. The van der Waals surface area contributed by atoms with Gasteiger partial charge in [0.1, 0.15) is 0 Å². The van der Waals surface area contributed by atoms with Crippen LogP contribution < -0.4 is 5.32 Å². The lowest BCUT2D eigenvalue weighted by Crippen LogP contribution is -2.27. The van der Waals surface area contributed by atoms with Crippen LogP contribution >= 0.6 is 22.9 Å². The van der Waals surface area contributed by atoms with Gasteiger partial charge in [0.05, 0.1) is 0 Å². The Morgan fingerprint density at radius 1 is 1.54 bits per heavy atom. The van der Waals surface area contributed by atoms with Crippen LogP contribution in [0, 0.1) is 0 Å². The molecule has 2 atom stereocenters. The lowest BCUT2D eigenvalue weighted by atomic mass is 10.2. The zero-order chi connectivity index (χ0) is 9.68. The first kappa shape index (κ1) is 11.0. The van der Waals surface area contributed by atoms with E-state index >= 15 is 0 Å². The van der Waals surface area contributed by atoms with Crippen LogP contribution in [0.3, 0.4) is 0 Å². The number of alkyl halides is 1. The Bertz CT molecular complexity index is 221. The first-order valence-corrected chi connectivity index (χ1v) is 5.90. The molecule has 0 aliphatic carbocycles. The van der Waals surface area contributed by atoms with E-state index in [9.17, 15) is 0 Å². The molecule has 0 spiro atoms. The number of halogens is 1. The number of rotatable bonds is 5. The second-order valence-corrected chi connectivity index (χ2v) is 5.16. The highest BCUT2D eigenvalue weighted by Crippen LogP contribution is 2.09. The number of hydrogen-bond donors (Lipinski definition) is 1. The van der Waals surface area contributed by atoms with E-state index in [2.05, 4.69) is 29.8 Å². The average Bonchev–Trinajstić information content (AvgIpc) is 2.51. The molecule has 0 amide bonds. The molecule has 0 bridgehead atoms. The molecule has 2 unspecified atom stereocenters. The zero-order valence-corrected chi connectivity index (χ0v) is 9.66. The SMILES string of the molecule is CC(Cl)CC(C)NCc1cccs1. The molecule has 13 heavy (non-hydrogen) atoms. The fraction of sp³-hybridized carbons (Fsp3) is 0.600. The van der Waals surface area contributed by atoms with Crippen molar-refractivity contribution in [3.05, 3.63) is 22.4 Å². The lowest BCUT2D eigenvalue weighted by molar-refractivity contribution is 0.514. The molecule has 0 aliphatic rings. The molecular weight excluding hydrogens is 202 g/mol. The molecule has 1 heterocycles. The van der Waals surface area contributed by atoms with Crippen molar-refractivity contribution in [3.63, 3.8) is 0 Å². The van der Waals surface area contributed by atoms with Gasteiger partial charge < -0.3 is 5.32 Å². The Labute approximate surface area is 89.1 Å². The van der Waals surface area contributed by atoms with E-state index < -0.39 is 0 Å². The van der Waals surface area contributed by atoms with E-state index in [1.54, 1.807) is 11.3 Å². The maximum atomic E-state index is 5.90. The number of thiophene rings is 1. The van der Waals surface area contributed by atoms with Crippen molar-refractivity contribution in [1.29, 1.82) is 0 Å². The molecule has 1 aromatic rings. The summed E-state index contributed by atoms with van der Waals surface area (Å²) in [5.41, 5.74) is 0. The van der Waals surface area contributed by atoms with Crippen molar-refractivity contribution in [3.8, 4) is 0 Å². The Kier molecular flexibility index (Phi) is 4.78. The van der Waals surface area contributed by atoms with Gasteiger partial charge >= 0.3 is 0 Å².